The third kappa shape index (κ3) is 17.9. The van der Waals surface area contributed by atoms with Crippen LogP contribution in [-0.2, 0) is 0 Å². The molecule has 14 heavy (non-hydrogen) atoms. The Balaban J connectivity index is 0. The summed E-state index contributed by atoms with van der Waals surface area (Å²) in [4.78, 5) is 0. The van der Waals surface area contributed by atoms with Crippen molar-refractivity contribution in [2.24, 2.45) is 5.92 Å². The molecule has 0 radical (unpaired) electrons. The van der Waals surface area contributed by atoms with Gasteiger partial charge in [-0.3, -0.25) is 0 Å². The molecule has 0 spiro atoms. The molecule has 0 bridgehead atoms. The second-order valence-electron chi connectivity index (χ2n) is 4.00. The maximum Gasteiger partial charge on any atom is -0.0414 e. The van der Waals surface area contributed by atoms with Crippen LogP contribution in [0.5, 0.6) is 0 Å². The number of unbranched alkanes of at least 4 members (excludes halogenated alkanes) is 3. The molecule has 0 atom stereocenters. The van der Waals surface area contributed by atoms with Gasteiger partial charge in [0, 0.05) is 0 Å². The lowest BCUT2D eigenvalue weighted by atomic mass is 10.1. The van der Waals surface area contributed by atoms with E-state index in [0.29, 0.717) is 0 Å². The predicted octanol–water partition coefficient (Wildman–Crippen LogP) is 5.81. The number of rotatable bonds is 5. The smallest absolute Gasteiger partial charge is 0.0414 e. The van der Waals surface area contributed by atoms with Gasteiger partial charge in [0.1, 0.15) is 0 Å². The van der Waals surface area contributed by atoms with E-state index in [1.54, 1.807) is 0 Å². The van der Waals surface area contributed by atoms with Gasteiger partial charge in [0.2, 0.25) is 0 Å². The Morgan fingerprint density at radius 3 is 1.71 bits per heavy atom. The van der Waals surface area contributed by atoms with Gasteiger partial charge in [-0.2, -0.15) is 0 Å². The van der Waals surface area contributed by atoms with E-state index in [2.05, 4.69) is 20.8 Å². The average molecular weight is 200 g/mol. The molecular formula is C14H32. The van der Waals surface area contributed by atoms with Gasteiger partial charge < -0.3 is 0 Å². The first-order valence-electron chi connectivity index (χ1n) is 6.85. The molecule has 0 N–H and O–H groups in total. The highest BCUT2D eigenvalue weighted by molar-refractivity contribution is 4.72. The summed E-state index contributed by atoms with van der Waals surface area (Å²) >= 11 is 0. The first-order valence-corrected chi connectivity index (χ1v) is 6.85. The van der Waals surface area contributed by atoms with Crippen molar-refractivity contribution in [1.82, 2.24) is 0 Å². The van der Waals surface area contributed by atoms with Crippen molar-refractivity contribution in [3.8, 4) is 0 Å². The van der Waals surface area contributed by atoms with Gasteiger partial charge in [0.25, 0.3) is 0 Å². The summed E-state index contributed by atoms with van der Waals surface area (Å²) in [7, 11) is 0. The summed E-state index contributed by atoms with van der Waals surface area (Å²) < 4.78 is 0. The second-order valence-corrected chi connectivity index (χ2v) is 4.00. The van der Waals surface area contributed by atoms with Crippen molar-refractivity contribution in [1.29, 1.82) is 0 Å². The fourth-order valence-corrected chi connectivity index (χ4v) is 1.27. The van der Waals surface area contributed by atoms with Crippen LogP contribution >= 0.6 is 0 Å². The minimum Gasteiger partial charge on any atom is -0.0683 e. The van der Waals surface area contributed by atoms with Gasteiger partial charge in [-0.05, 0) is 5.92 Å². The molecule has 1 fully saturated rings. The molecule has 0 aromatic carbocycles. The largest absolute Gasteiger partial charge is 0.0683 e. The van der Waals surface area contributed by atoms with Crippen LogP contribution in [-0.4, -0.2) is 0 Å². The van der Waals surface area contributed by atoms with E-state index in [1.807, 2.05) is 13.8 Å². The predicted molar refractivity (Wildman–Crippen MR) is 68.8 cm³/mol. The monoisotopic (exact) mass is 200 g/mol. The van der Waals surface area contributed by atoms with Gasteiger partial charge in [-0.15, -0.1) is 0 Å². The fourth-order valence-electron chi connectivity index (χ4n) is 1.27. The lowest BCUT2D eigenvalue weighted by molar-refractivity contribution is 0.597. The molecule has 0 unspecified atom stereocenters. The van der Waals surface area contributed by atoms with Crippen molar-refractivity contribution < 1.29 is 0 Å². The molecule has 1 rings (SSSR count). The molecule has 0 heterocycles. The molecule has 0 nitrogen and oxygen atoms in total. The molecule has 1 saturated carbocycles. The van der Waals surface area contributed by atoms with Crippen molar-refractivity contribution >= 4 is 0 Å². The average Bonchev–Trinajstić information content (AvgIpc) is 3.01. The normalized spacial score (nSPS) is 13.5. The van der Waals surface area contributed by atoms with Gasteiger partial charge in [0.05, 0.1) is 0 Å². The molecule has 1 aliphatic carbocycles. The summed E-state index contributed by atoms with van der Waals surface area (Å²) in [6.07, 6.45) is 11.7. The zero-order valence-corrected chi connectivity index (χ0v) is 11.2. The van der Waals surface area contributed by atoms with E-state index in [9.17, 15) is 0 Å². The zero-order chi connectivity index (χ0) is 11.2. The lowest BCUT2D eigenvalue weighted by Crippen LogP contribution is -1.77. The standard InChI is InChI=1S/C9H18.C3H8.C2H6/c1-2-3-4-5-6-9-7-8-9;1-3-2;1-2/h9H,2-8H2,1H3;3H2,1-2H3;1-2H3. The number of hydrogen-bond donors (Lipinski definition) is 0. The molecule has 88 valence electrons. The highest BCUT2D eigenvalue weighted by Gasteiger charge is 2.19. The lowest BCUT2D eigenvalue weighted by Gasteiger charge is -1.95. The van der Waals surface area contributed by atoms with Crippen LogP contribution in [0.3, 0.4) is 0 Å². The van der Waals surface area contributed by atoms with Crippen LogP contribution in [0.1, 0.15) is 86.0 Å². The Kier molecular flexibility index (Phi) is 18.2. The Bertz CT molecular complexity index is 72.1. The summed E-state index contributed by atoms with van der Waals surface area (Å²) in [6.45, 7) is 10.5. The second kappa shape index (κ2) is 15.5. The SMILES string of the molecule is CC.CCC.CCCCCCC1CC1. The molecule has 0 aliphatic heterocycles. The zero-order valence-electron chi connectivity index (χ0n) is 11.2. The van der Waals surface area contributed by atoms with E-state index < -0.39 is 0 Å². The topological polar surface area (TPSA) is 0 Å². The van der Waals surface area contributed by atoms with Crippen LogP contribution in [0.4, 0.5) is 0 Å². The molecule has 0 aromatic rings. The first kappa shape index (κ1) is 16.4. The van der Waals surface area contributed by atoms with Gasteiger partial charge in [-0.25, -0.2) is 0 Å². The van der Waals surface area contributed by atoms with Crippen molar-refractivity contribution in [3.05, 3.63) is 0 Å². The van der Waals surface area contributed by atoms with Crippen LogP contribution in [0.15, 0.2) is 0 Å². The summed E-state index contributed by atoms with van der Waals surface area (Å²) in [6, 6.07) is 0. The quantitative estimate of drug-likeness (QED) is 0.491. The highest BCUT2D eigenvalue weighted by Crippen LogP contribution is 2.33. The maximum absolute atomic E-state index is 2.27. The minimum absolute atomic E-state index is 1.15. The van der Waals surface area contributed by atoms with Crippen molar-refractivity contribution in [2.75, 3.05) is 0 Å². The molecule has 0 amide bonds. The Labute approximate surface area is 92.5 Å². The van der Waals surface area contributed by atoms with E-state index in [4.69, 9.17) is 0 Å². The van der Waals surface area contributed by atoms with Gasteiger partial charge in [-0.1, -0.05) is 86.0 Å². The molecular weight excluding hydrogens is 168 g/mol. The summed E-state index contributed by atoms with van der Waals surface area (Å²) in [5.74, 6) is 1.15. The van der Waals surface area contributed by atoms with Crippen LogP contribution in [0.25, 0.3) is 0 Å². The van der Waals surface area contributed by atoms with E-state index >= 15 is 0 Å². The van der Waals surface area contributed by atoms with Crippen LogP contribution < -0.4 is 0 Å². The Morgan fingerprint density at radius 2 is 1.36 bits per heavy atom. The van der Waals surface area contributed by atoms with Gasteiger partial charge >= 0.3 is 0 Å². The minimum atomic E-state index is 1.15. The molecule has 0 saturated heterocycles. The van der Waals surface area contributed by atoms with E-state index in [1.165, 1.54) is 51.4 Å². The van der Waals surface area contributed by atoms with Crippen LogP contribution in [0.2, 0.25) is 0 Å². The molecule has 1 aliphatic rings. The third-order valence-electron chi connectivity index (χ3n) is 2.16. The Morgan fingerprint density at radius 1 is 0.857 bits per heavy atom. The molecule has 0 aromatic heterocycles. The van der Waals surface area contributed by atoms with Crippen molar-refractivity contribution in [2.45, 2.75) is 86.0 Å². The van der Waals surface area contributed by atoms with E-state index in [0.717, 1.165) is 5.92 Å². The first-order chi connectivity index (χ1) is 6.85. The number of hydrogen-bond acceptors (Lipinski definition) is 0. The fraction of sp³-hybridized carbons (Fsp3) is 1.00. The molecule has 0 heteroatoms. The Hall–Kier alpha value is 0. The van der Waals surface area contributed by atoms with E-state index in [-0.39, 0.29) is 0 Å². The van der Waals surface area contributed by atoms with Gasteiger partial charge in [0.15, 0.2) is 0 Å². The maximum atomic E-state index is 2.27. The highest BCUT2D eigenvalue weighted by atomic mass is 14.2. The summed E-state index contributed by atoms with van der Waals surface area (Å²) in [5.41, 5.74) is 0. The third-order valence-corrected chi connectivity index (χ3v) is 2.16. The van der Waals surface area contributed by atoms with Crippen molar-refractivity contribution in [3.63, 3.8) is 0 Å². The van der Waals surface area contributed by atoms with Crippen LogP contribution in [0, 0.1) is 5.92 Å². The summed E-state index contributed by atoms with van der Waals surface area (Å²) in [5, 5.41) is 0.